The summed E-state index contributed by atoms with van der Waals surface area (Å²) in [4.78, 5) is 17.7. The lowest BCUT2D eigenvalue weighted by Crippen LogP contribution is -2.31. The zero-order valence-corrected chi connectivity index (χ0v) is 19.1. The summed E-state index contributed by atoms with van der Waals surface area (Å²) >= 11 is 0. The second kappa shape index (κ2) is 10.4. The molecule has 1 N–H and O–H groups in total. The van der Waals surface area contributed by atoms with E-state index in [1.165, 1.54) is 37.0 Å². The first-order valence-corrected chi connectivity index (χ1v) is 11.4. The Kier molecular flexibility index (Phi) is 7.17. The summed E-state index contributed by atoms with van der Waals surface area (Å²) in [6.07, 6.45) is 7.87. The van der Waals surface area contributed by atoms with Gasteiger partial charge < -0.3 is 19.3 Å². The van der Waals surface area contributed by atoms with Gasteiger partial charge in [-0.1, -0.05) is 32.1 Å². The van der Waals surface area contributed by atoms with Gasteiger partial charge in [0.05, 0.1) is 19.7 Å². The van der Waals surface area contributed by atoms with Gasteiger partial charge >= 0.3 is 6.09 Å². The van der Waals surface area contributed by atoms with Crippen molar-refractivity contribution in [2.45, 2.75) is 38.5 Å². The number of fused-ring (bicyclic) bond motifs is 1. The molecule has 2 aromatic carbocycles. The molecule has 0 saturated heterocycles. The number of carboxylic acid groups (broad SMARTS) is 1. The minimum atomic E-state index is -0.930. The molecule has 0 radical (unpaired) electrons. The number of hydrogen-bond acceptors (Lipinski definition) is 5. The zero-order valence-electron chi connectivity index (χ0n) is 19.1. The van der Waals surface area contributed by atoms with Gasteiger partial charge in [0.25, 0.3) is 0 Å². The van der Waals surface area contributed by atoms with E-state index in [2.05, 4.69) is 4.98 Å². The smallest absolute Gasteiger partial charge is 0.411 e. The molecule has 1 aliphatic rings. The van der Waals surface area contributed by atoms with Gasteiger partial charge in [-0.15, -0.1) is 0 Å². The first-order valence-electron chi connectivity index (χ1n) is 11.4. The predicted octanol–water partition coefficient (Wildman–Crippen LogP) is 6.50. The van der Waals surface area contributed by atoms with E-state index in [1.54, 1.807) is 56.8 Å². The Morgan fingerprint density at radius 1 is 1.00 bits per heavy atom. The van der Waals surface area contributed by atoms with Crippen LogP contribution < -0.4 is 19.1 Å². The fourth-order valence-corrected chi connectivity index (χ4v) is 4.48. The molecular weight excluding hydrogens is 420 g/mol. The fourth-order valence-electron chi connectivity index (χ4n) is 4.48. The SMILES string of the molecule is COc1cc2nccc(Oc3ccc(N(CCC4CCCCC4)C(=O)O)cc3)c2cc1OC. The van der Waals surface area contributed by atoms with Crippen molar-refractivity contribution in [1.29, 1.82) is 0 Å². The molecule has 0 bridgehead atoms. The van der Waals surface area contributed by atoms with Crippen molar-refractivity contribution >= 4 is 22.7 Å². The second-order valence-electron chi connectivity index (χ2n) is 8.36. The summed E-state index contributed by atoms with van der Waals surface area (Å²) in [6, 6.07) is 12.6. The maximum absolute atomic E-state index is 11.9. The average molecular weight is 451 g/mol. The largest absolute Gasteiger partial charge is 0.493 e. The molecule has 1 amide bonds. The van der Waals surface area contributed by atoms with Gasteiger partial charge in [0.2, 0.25) is 0 Å². The Morgan fingerprint density at radius 3 is 2.36 bits per heavy atom. The number of hydrogen-bond donors (Lipinski definition) is 1. The van der Waals surface area contributed by atoms with E-state index in [-0.39, 0.29) is 0 Å². The highest BCUT2D eigenvalue weighted by atomic mass is 16.5. The monoisotopic (exact) mass is 450 g/mol. The van der Waals surface area contributed by atoms with Crippen LogP contribution in [-0.2, 0) is 0 Å². The molecule has 7 heteroatoms. The molecule has 1 saturated carbocycles. The van der Waals surface area contributed by atoms with Crippen molar-refractivity contribution in [3.63, 3.8) is 0 Å². The Balaban J connectivity index is 1.50. The highest BCUT2D eigenvalue weighted by Gasteiger charge is 2.19. The van der Waals surface area contributed by atoms with Crippen molar-refractivity contribution < 1.29 is 24.1 Å². The van der Waals surface area contributed by atoms with E-state index in [4.69, 9.17) is 14.2 Å². The van der Waals surface area contributed by atoms with Crippen LogP contribution in [0.5, 0.6) is 23.0 Å². The normalized spacial score (nSPS) is 14.1. The molecule has 7 nitrogen and oxygen atoms in total. The number of anilines is 1. The molecular formula is C26H30N2O5. The number of carbonyl (C=O) groups is 1. The van der Waals surface area contributed by atoms with E-state index < -0.39 is 6.09 Å². The van der Waals surface area contributed by atoms with Crippen molar-refractivity contribution in [3.8, 4) is 23.0 Å². The quantitative estimate of drug-likeness (QED) is 0.422. The van der Waals surface area contributed by atoms with E-state index in [0.717, 1.165) is 17.3 Å². The lowest BCUT2D eigenvalue weighted by molar-refractivity contribution is 0.200. The lowest BCUT2D eigenvalue weighted by Gasteiger charge is -2.25. The summed E-state index contributed by atoms with van der Waals surface area (Å²) in [6.45, 7) is 0.511. The van der Waals surface area contributed by atoms with Crippen molar-refractivity contribution in [2.24, 2.45) is 5.92 Å². The number of benzene rings is 2. The molecule has 4 rings (SSSR count). The molecule has 0 atom stereocenters. The third kappa shape index (κ3) is 5.30. The molecule has 1 fully saturated rings. The van der Waals surface area contributed by atoms with Gasteiger partial charge in [-0.05, 0) is 48.7 Å². The number of pyridine rings is 1. The number of amides is 1. The van der Waals surface area contributed by atoms with E-state index in [1.807, 2.05) is 6.07 Å². The molecule has 1 aliphatic carbocycles. The zero-order chi connectivity index (χ0) is 23.2. The third-order valence-corrected chi connectivity index (χ3v) is 6.30. The molecule has 0 aliphatic heterocycles. The van der Waals surface area contributed by atoms with Crippen molar-refractivity contribution in [3.05, 3.63) is 48.7 Å². The second-order valence-corrected chi connectivity index (χ2v) is 8.36. The number of aromatic nitrogens is 1. The topological polar surface area (TPSA) is 81.1 Å². The number of rotatable bonds is 8. The standard InChI is InChI=1S/C26H30N2O5/c1-31-24-16-21-22(17-25(24)32-2)27-14-12-23(21)33-20-10-8-19(9-11-20)28(26(29)30)15-13-18-6-4-3-5-7-18/h8-12,14,16-18H,3-7,13,15H2,1-2H3,(H,29,30). The Hall–Kier alpha value is -3.48. The van der Waals surface area contributed by atoms with Crippen LogP contribution >= 0.6 is 0 Å². The first kappa shape index (κ1) is 22.7. The molecule has 1 heterocycles. The Morgan fingerprint density at radius 2 is 1.70 bits per heavy atom. The maximum Gasteiger partial charge on any atom is 0.411 e. The van der Waals surface area contributed by atoms with Gasteiger partial charge in [0.1, 0.15) is 11.5 Å². The van der Waals surface area contributed by atoms with Crippen molar-refractivity contribution in [2.75, 3.05) is 25.7 Å². The van der Waals surface area contributed by atoms with Crippen LogP contribution in [0.3, 0.4) is 0 Å². The van der Waals surface area contributed by atoms with Gasteiger partial charge in [0, 0.05) is 29.9 Å². The summed E-state index contributed by atoms with van der Waals surface area (Å²) in [5.41, 5.74) is 1.37. The summed E-state index contributed by atoms with van der Waals surface area (Å²) in [5.74, 6) is 3.05. The van der Waals surface area contributed by atoms with E-state index in [0.29, 0.717) is 41.1 Å². The van der Waals surface area contributed by atoms with Crippen LogP contribution in [0.2, 0.25) is 0 Å². The predicted molar refractivity (Wildman–Crippen MR) is 128 cm³/mol. The van der Waals surface area contributed by atoms with E-state index >= 15 is 0 Å². The van der Waals surface area contributed by atoms with Crippen LogP contribution in [0.15, 0.2) is 48.7 Å². The van der Waals surface area contributed by atoms with Gasteiger partial charge in [0.15, 0.2) is 11.5 Å². The molecule has 174 valence electrons. The van der Waals surface area contributed by atoms with E-state index in [9.17, 15) is 9.90 Å². The molecule has 0 spiro atoms. The molecule has 0 unspecified atom stereocenters. The van der Waals surface area contributed by atoms with Crippen LogP contribution in [0.4, 0.5) is 10.5 Å². The minimum absolute atomic E-state index is 0.511. The minimum Gasteiger partial charge on any atom is -0.493 e. The van der Waals surface area contributed by atoms with Crippen LogP contribution in [-0.4, -0.2) is 36.9 Å². The Labute approximate surface area is 193 Å². The fraction of sp³-hybridized carbons (Fsp3) is 0.385. The third-order valence-electron chi connectivity index (χ3n) is 6.30. The van der Waals surface area contributed by atoms with Crippen LogP contribution in [0.25, 0.3) is 10.9 Å². The van der Waals surface area contributed by atoms with Crippen LogP contribution in [0, 0.1) is 5.92 Å². The Bertz CT molecular complexity index is 1090. The maximum atomic E-state index is 11.9. The van der Waals surface area contributed by atoms with Crippen molar-refractivity contribution in [1.82, 2.24) is 4.98 Å². The van der Waals surface area contributed by atoms with Gasteiger partial charge in [-0.3, -0.25) is 9.88 Å². The molecule has 33 heavy (non-hydrogen) atoms. The number of ether oxygens (including phenoxy) is 3. The highest BCUT2D eigenvalue weighted by molar-refractivity contribution is 5.88. The lowest BCUT2D eigenvalue weighted by atomic mass is 9.87. The molecule has 3 aromatic rings. The first-order chi connectivity index (χ1) is 16.1. The summed E-state index contributed by atoms with van der Waals surface area (Å²) in [7, 11) is 3.17. The number of methoxy groups -OCH3 is 2. The summed E-state index contributed by atoms with van der Waals surface area (Å²) < 4.78 is 16.9. The number of nitrogens with zero attached hydrogens (tertiary/aromatic N) is 2. The van der Waals surface area contributed by atoms with Gasteiger partial charge in [-0.2, -0.15) is 0 Å². The van der Waals surface area contributed by atoms with Crippen LogP contribution in [0.1, 0.15) is 38.5 Å². The average Bonchev–Trinajstić information content (AvgIpc) is 2.85. The summed E-state index contributed by atoms with van der Waals surface area (Å²) in [5, 5.41) is 10.5. The highest BCUT2D eigenvalue weighted by Crippen LogP contribution is 2.37. The molecule has 1 aromatic heterocycles. The van der Waals surface area contributed by atoms with Gasteiger partial charge in [-0.25, -0.2) is 4.79 Å².